The summed E-state index contributed by atoms with van der Waals surface area (Å²) in [5.74, 6) is 0. The maximum Gasteiger partial charge on any atom is 0.314 e. The van der Waals surface area contributed by atoms with Gasteiger partial charge in [-0.15, -0.1) is 0 Å². The summed E-state index contributed by atoms with van der Waals surface area (Å²) in [7, 11) is -10.2. The van der Waals surface area contributed by atoms with Crippen LogP contribution < -0.4 is 0 Å². The fourth-order valence-electron chi connectivity index (χ4n) is 2.05. The monoisotopic (exact) mass is 374 g/mol. The summed E-state index contributed by atoms with van der Waals surface area (Å²) in [6, 6.07) is 0. The molecule has 0 aromatic heterocycles. The minimum Gasteiger partial charge on any atom is -0.425 e. The highest BCUT2D eigenvalue weighted by Gasteiger charge is 2.42. The summed E-state index contributed by atoms with van der Waals surface area (Å²) in [6.07, 6.45) is 0. The smallest absolute Gasteiger partial charge is 0.314 e. The van der Waals surface area contributed by atoms with E-state index in [0.717, 1.165) is 0 Å². The molecule has 0 spiro atoms. The van der Waals surface area contributed by atoms with Crippen molar-refractivity contribution in [2.45, 2.75) is 45.8 Å². The van der Waals surface area contributed by atoms with Gasteiger partial charge in [0.15, 0.2) is 0 Å². The van der Waals surface area contributed by atoms with E-state index in [2.05, 4.69) is 26.2 Å². The van der Waals surface area contributed by atoms with Crippen LogP contribution in [0, 0.1) is 0 Å². The highest BCUT2D eigenvalue weighted by atomic mass is 28.5. The largest absolute Gasteiger partial charge is 0.425 e. The minimum absolute atomic E-state index is 0.967. The van der Waals surface area contributed by atoms with E-state index in [4.69, 9.17) is 24.7 Å². The standard InChI is InChI=1S/C7H26O6Si6/c1-16-9-14-8-15-10-17(2,3)12-19(6,7)13-18(4,5)11-16/h16H,14-15H2,1-7H3. The molecular formula is C7H26O6Si6. The normalized spacial score (nSPS) is 34.6. The lowest BCUT2D eigenvalue weighted by Crippen LogP contribution is -2.56. The number of hydrogen-bond donors (Lipinski definition) is 0. The van der Waals surface area contributed by atoms with Crippen LogP contribution in [-0.2, 0) is 24.7 Å². The van der Waals surface area contributed by atoms with Crippen molar-refractivity contribution in [3.05, 3.63) is 0 Å². The van der Waals surface area contributed by atoms with Gasteiger partial charge in [-0.25, -0.2) is 0 Å². The molecule has 19 heavy (non-hydrogen) atoms. The van der Waals surface area contributed by atoms with Gasteiger partial charge in [0.25, 0.3) is 29.3 Å². The van der Waals surface area contributed by atoms with Gasteiger partial charge in [-0.3, -0.25) is 0 Å². The second-order valence-electron chi connectivity index (χ2n) is 5.84. The van der Waals surface area contributed by atoms with Crippen LogP contribution in [0.3, 0.4) is 0 Å². The van der Waals surface area contributed by atoms with Crippen molar-refractivity contribution in [3.63, 3.8) is 0 Å². The fraction of sp³-hybridized carbons (Fsp3) is 1.00. The van der Waals surface area contributed by atoms with Crippen LogP contribution in [0.1, 0.15) is 0 Å². The third-order valence-electron chi connectivity index (χ3n) is 2.31. The molecule has 1 unspecified atom stereocenters. The first-order valence-electron chi connectivity index (χ1n) is 6.43. The molecule has 0 aromatic carbocycles. The Morgan fingerprint density at radius 3 is 2.00 bits per heavy atom. The molecule has 12 heteroatoms. The molecule has 114 valence electrons. The van der Waals surface area contributed by atoms with E-state index in [-0.39, 0.29) is 0 Å². The summed E-state index contributed by atoms with van der Waals surface area (Å²) in [6.45, 7) is 14.3. The maximum absolute atomic E-state index is 6.24. The van der Waals surface area contributed by atoms with Gasteiger partial charge in [-0.2, -0.15) is 0 Å². The molecule has 1 aliphatic heterocycles. The van der Waals surface area contributed by atoms with Crippen molar-refractivity contribution >= 4 is 55.0 Å². The third-order valence-corrected chi connectivity index (χ3v) is 20.8. The average Bonchev–Trinajstić information content (AvgIpc) is 2.09. The second-order valence-corrected chi connectivity index (χ2v) is 22.5. The fourth-order valence-corrected chi connectivity index (χ4v) is 22.0. The van der Waals surface area contributed by atoms with Crippen molar-refractivity contribution in [3.8, 4) is 0 Å². The molecule has 1 heterocycles. The molecular weight excluding hydrogens is 349 g/mol. The molecule has 1 atom stereocenters. The molecule has 1 fully saturated rings. The summed E-state index contributed by atoms with van der Waals surface area (Å²) in [5.41, 5.74) is 0. The Morgan fingerprint density at radius 2 is 1.37 bits per heavy atom. The Hall–Kier alpha value is 1.06. The summed E-state index contributed by atoms with van der Waals surface area (Å²) in [4.78, 5) is 0. The highest BCUT2D eigenvalue weighted by Crippen LogP contribution is 2.22. The van der Waals surface area contributed by atoms with Gasteiger partial charge in [0.05, 0.1) is 0 Å². The zero-order valence-corrected chi connectivity index (χ0v) is 19.9. The van der Waals surface area contributed by atoms with Gasteiger partial charge in [-0.05, 0) is 45.8 Å². The van der Waals surface area contributed by atoms with Gasteiger partial charge < -0.3 is 24.7 Å². The SMILES string of the molecule is C[SiH]1O[SiH2]O[SiH2]O[Si](C)(C)O[Si](C)(C)O[Si](C)(C)O1. The lowest BCUT2D eigenvalue weighted by atomic mass is 11.9. The van der Waals surface area contributed by atoms with Crippen molar-refractivity contribution in [1.82, 2.24) is 0 Å². The van der Waals surface area contributed by atoms with E-state index in [0.29, 0.717) is 0 Å². The summed E-state index contributed by atoms with van der Waals surface area (Å²) >= 11 is 0. The molecule has 1 aliphatic rings. The Balaban J connectivity index is 2.80. The Bertz CT molecular complexity index is 300. The van der Waals surface area contributed by atoms with Crippen LogP contribution in [0.25, 0.3) is 0 Å². The van der Waals surface area contributed by atoms with Crippen LogP contribution in [0.15, 0.2) is 0 Å². The minimum atomic E-state index is -2.25. The zero-order valence-electron chi connectivity index (χ0n) is 12.9. The molecule has 0 amide bonds. The van der Waals surface area contributed by atoms with E-state index >= 15 is 0 Å². The van der Waals surface area contributed by atoms with Gasteiger partial charge in [0, 0.05) is 0 Å². The van der Waals surface area contributed by atoms with E-state index in [1.807, 2.05) is 19.6 Å². The van der Waals surface area contributed by atoms with E-state index < -0.39 is 55.0 Å². The van der Waals surface area contributed by atoms with Crippen molar-refractivity contribution < 1.29 is 24.7 Å². The van der Waals surface area contributed by atoms with E-state index in [1.54, 1.807) is 0 Å². The Morgan fingerprint density at radius 1 is 0.789 bits per heavy atom. The first-order chi connectivity index (χ1) is 8.52. The molecule has 0 radical (unpaired) electrons. The van der Waals surface area contributed by atoms with E-state index in [9.17, 15) is 0 Å². The predicted octanol–water partition coefficient (Wildman–Crippen LogP) is 0.0529. The second kappa shape index (κ2) is 6.88. The highest BCUT2D eigenvalue weighted by molar-refractivity contribution is 6.86. The molecule has 1 saturated heterocycles. The van der Waals surface area contributed by atoms with Crippen molar-refractivity contribution in [1.29, 1.82) is 0 Å². The van der Waals surface area contributed by atoms with Crippen LogP contribution in [0.5, 0.6) is 0 Å². The third kappa shape index (κ3) is 7.58. The maximum atomic E-state index is 6.24. The van der Waals surface area contributed by atoms with Gasteiger partial charge in [-0.1, -0.05) is 0 Å². The van der Waals surface area contributed by atoms with Crippen LogP contribution in [-0.4, -0.2) is 55.0 Å². The Kier molecular flexibility index (Phi) is 6.56. The quantitative estimate of drug-likeness (QED) is 0.559. The zero-order chi connectivity index (χ0) is 14.7. The molecule has 0 N–H and O–H groups in total. The Labute approximate surface area is 125 Å². The summed E-state index contributed by atoms with van der Waals surface area (Å²) in [5, 5.41) is 0. The van der Waals surface area contributed by atoms with Crippen LogP contribution >= 0.6 is 0 Å². The van der Waals surface area contributed by atoms with Crippen LogP contribution in [0.2, 0.25) is 45.8 Å². The van der Waals surface area contributed by atoms with Crippen molar-refractivity contribution in [2.75, 3.05) is 0 Å². The lowest BCUT2D eigenvalue weighted by Gasteiger charge is -2.39. The molecule has 0 saturated carbocycles. The molecule has 6 nitrogen and oxygen atoms in total. The predicted molar refractivity (Wildman–Crippen MR) is 89.1 cm³/mol. The number of hydrogen-bond acceptors (Lipinski definition) is 6. The molecule has 0 aliphatic carbocycles. The van der Waals surface area contributed by atoms with Gasteiger partial charge in [0.2, 0.25) is 0 Å². The van der Waals surface area contributed by atoms with Gasteiger partial charge >= 0.3 is 25.7 Å². The average molecular weight is 375 g/mol. The topological polar surface area (TPSA) is 55.4 Å². The molecule has 0 aromatic rings. The van der Waals surface area contributed by atoms with Crippen LogP contribution in [0.4, 0.5) is 0 Å². The first kappa shape index (κ1) is 18.1. The van der Waals surface area contributed by atoms with Gasteiger partial charge in [0.1, 0.15) is 0 Å². The van der Waals surface area contributed by atoms with Crippen molar-refractivity contribution in [2.24, 2.45) is 0 Å². The molecule has 0 bridgehead atoms. The van der Waals surface area contributed by atoms with E-state index in [1.165, 1.54) is 0 Å². The summed E-state index contributed by atoms with van der Waals surface area (Å²) < 4.78 is 35.7. The lowest BCUT2D eigenvalue weighted by molar-refractivity contribution is 0.274. The molecule has 1 rings (SSSR count). The number of rotatable bonds is 0. The first-order valence-corrected chi connectivity index (χ1v) is 19.3.